The lowest BCUT2D eigenvalue weighted by molar-refractivity contribution is 0.0756. The molecule has 2 N–H and O–H groups in total. The highest BCUT2D eigenvalue weighted by atomic mass is 32.2. The molecule has 1 aromatic heterocycles. The molecule has 0 radical (unpaired) electrons. The minimum Gasteiger partial charge on any atom is -0.337 e. The van der Waals surface area contributed by atoms with Crippen LogP contribution >= 0.6 is 23.1 Å². The summed E-state index contributed by atoms with van der Waals surface area (Å²) in [6, 6.07) is 0. The van der Waals surface area contributed by atoms with Gasteiger partial charge in [0, 0.05) is 30.3 Å². The summed E-state index contributed by atoms with van der Waals surface area (Å²) in [6.45, 7) is 2.11. The van der Waals surface area contributed by atoms with Crippen molar-refractivity contribution in [3.63, 3.8) is 0 Å². The van der Waals surface area contributed by atoms with Gasteiger partial charge >= 0.3 is 0 Å². The molecule has 1 fully saturated rings. The molecule has 1 aliphatic heterocycles. The van der Waals surface area contributed by atoms with Gasteiger partial charge in [-0.1, -0.05) is 0 Å². The molecule has 1 saturated heterocycles. The molecule has 0 bridgehead atoms. The fourth-order valence-electron chi connectivity index (χ4n) is 2.17. The van der Waals surface area contributed by atoms with Crippen molar-refractivity contribution in [2.45, 2.75) is 31.1 Å². The average molecular weight is 285 g/mol. The van der Waals surface area contributed by atoms with E-state index in [4.69, 9.17) is 5.73 Å². The van der Waals surface area contributed by atoms with Gasteiger partial charge in [-0.3, -0.25) is 4.79 Å². The summed E-state index contributed by atoms with van der Waals surface area (Å²) in [7, 11) is 0. The maximum Gasteiger partial charge on any atom is 0.273 e. The Hall–Kier alpha value is -0.590. The Labute approximate surface area is 116 Å². The molecule has 0 aromatic carbocycles. The third kappa shape index (κ3) is 3.24. The summed E-state index contributed by atoms with van der Waals surface area (Å²) in [6.07, 6.45) is 5.53. The van der Waals surface area contributed by atoms with Crippen LogP contribution in [0, 0.1) is 0 Å². The van der Waals surface area contributed by atoms with Gasteiger partial charge in [-0.25, -0.2) is 4.98 Å². The number of thioether (sulfide) groups is 1. The van der Waals surface area contributed by atoms with Crippen molar-refractivity contribution in [3.8, 4) is 0 Å². The quantitative estimate of drug-likeness (QED) is 0.922. The molecule has 1 aliphatic rings. The zero-order valence-electron chi connectivity index (χ0n) is 10.6. The zero-order valence-corrected chi connectivity index (χ0v) is 12.2. The van der Waals surface area contributed by atoms with Gasteiger partial charge in [0.1, 0.15) is 10.7 Å². The Balaban J connectivity index is 2.00. The number of thiazole rings is 1. The molecule has 2 heterocycles. The molecule has 2 rings (SSSR count). The van der Waals surface area contributed by atoms with Crippen LogP contribution in [0.1, 0.15) is 34.8 Å². The first-order valence-electron chi connectivity index (χ1n) is 6.21. The number of nitrogens with two attached hydrogens (primary N) is 1. The fourth-order valence-corrected chi connectivity index (χ4v) is 3.56. The van der Waals surface area contributed by atoms with E-state index in [0.29, 0.717) is 17.5 Å². The first-order chi connectivity index (χ1) is 8.74. The predicted octanol–water partition coefficient (Wildman–Crippen LogP) is 1.96. The highest BCUT2D eigenvalue weighted by molar-refractivity contribution is 7.99. The Morgan fingerprint density at radius 3 is 3.11 bits per heavy atom. The first kappa shape index (κ1) is 13.8. The monoisotopic (exact) mass is 285 g/mol. The molecule has 1 atom stereocenters. The number of hydrogen-bond donors (Lipinski definition) is 1. The summed E-state index contributed by atoms with van der Waals surface area (Å²) in [5.41, 5.74) is 6.08. The van der Waals surface area contributed by atoms with E-state index >= 15 is 0 Å². The number of amides is 1. The number of nitrogens with zero attached hydrogens (tertiary/aromatic N) is 2. The van der Waals surface area contributed by atoms with Crippen LogP contribution in [0.2, 0.25) is 0 Å². The largest absolute Gasteiger partial charge is 0.337 e. The Morgan fingerprint density at radius 2 is 2.44 bits per heavy atom. The van der Waals surface area contributed by atoms with Gasteiger partial charge in [-0.2, -0.15) is 11.8 Å². The first-order valence-corrected chi connectivity index (χ1v) is 8.38. The van der Waals surface area contributed by atoms with Crippen LogP contribution in [-0.4, -0.2) is 40.4 Å². The van der Waals surface area contributed by atoms with Gasteiger partial charge in [0.05, 0.1) is 0 Å². The molecule has 0 spiro atoms. The molecule has 1 unspecified atom stereocenters. The smallest absolute Gasteiger partial charge is 0.273 e. The number of carbonyl (C=O) groups is 1. The summed E-state index contributed by atoms with van der Waals surface area (Å²) < 4.78 is 0. The van der Waals surface area contributed by atoms with E-state index in [9.17, 15) is 4.79 Å². The van der Waals surface area contributed by atoms with Crippen LogP contribution in [0.15, 0.2) is 5.38 Å². The van der Waals surface area contributed by atoms with Crippen LogP contribution in [0.3, 0.4) is 0 Å². The standard InChI is InChI=1S/C12H19N3OS2/c1-17-9-3-2-5-15(6-4-9)12(16)10-8-18-11(7-13)14-10/h8-9H,2-7,13H2,1H3. The minimum absolute atomic E-state index is 0.0627. The van der Waals surface area contributed by atoms with E-state index in [1.807, 2.05) is 22.0 Å². The number of hydrogen-bond acceptors (Lipinski definition) is 5. The lowest BCUT2D eigenvalue weighted by atomic mass is 10.2. The van der Waals surface area contributed by atoms with E-state index in [-0.39, 0.29) is 5.91 Å². The van der Waals surface area contributed by atoms with Crippen molar-refractivity contribution >= 4 is 29.0 Å². The van der Waals surface area contributed by atoms with Crippen LogP contribution in [0.25, 0.3) is 0 Å². The number of likely N-dealkylation sites (tertiary alicyclic amines) is 1. The van der Waals surface area contributed by atoms with Gasteiger partial charge in [0.15, 0.2) is 0 Å². The highest BCUT2D eigenvalue weighted by Gasteiger charge is 2.22. The molecule has 0 saturated carbocycles. The molecule has 0 aliphatic carbocycles. The lowest BCUT2D eigenvalue weighted by Crippen LogP contribution is -2.32. The second kappa shape index (κ2) is 6.54. The van der Waals surface area contributed by atoms with Crippen molar-refractivity contribution in [2.75, 3.05) is 19.3 Å². The Morgan fingerprint density at radius 1 is 1.61 bits per heavy atom. The molecular weight excluding hydrogens is 266 g/mol. The van der Waals surface area contributed by atoms with Gasteiger partial charge in [-0.15, -0.1) is 11.3 Å². The van der Waals surface area contributed by atoms with Crippen LogP contribution in [0.5, 0.6) is 0 Å². The van der Waals surface area contributed by atoms with E-state index in [1.165, 1.54) is 17.8 Å². The lowest BCUT2D eigenvalue weighted by Gasteiger charge is -2.19. The van der Waals surface area contributed by atoms with Gasteiger partial charge in [0.2, 0.25) is 0 Å². The normalized spacial score (nSPS) is 20.8. The zero-order chi connectivity index (χ0) is 13.0. The summed E-state index contributed by atoms with van der Waals surface area (Å²) in [4.78, 5) is 18.5. The minimum atomic E-state index is 0.0627. The average Bonchev–Trinajstić information content (AvgIpc) is 2.75. The Bertz CT molecular complexity index is 408. The van der Waals surface area contributed by atoms with Gasteiger partial charge in [0.25, 0.3) is 5.91 Å². The second-order valence-electron chi connectivity index (χ2n) is 4.41. The SMILES string of the molecule is CSC1CCCN(C(=O)c2csc(CN)n2)CC1. The predicted molar refractivity (Wildman–Crippen MR) is 77.1 cm³/mol. The highest BCUT2D eigenvalue weighted by Crippen LogP contribution is 2.22. The second-order valence-corrected chi connectivity index (χ2v) is 6.49. The van der Waals surface area contributed by atoms with Gasteiger partial charge in [-0.05, 0) is 25.5 Å². The fraction of sp³-hybridized carbons (Fsp3) is 0.667. The summed E-state index contributed by atoms with van der Waals surface area (Å²) >= 11 is 3.37. The molecular formula is C12H19N3OS2. The van der Waals surface area contributed by atoms with Crippen LogP contribution in [0.4, 0.5) is 0 Å². The summed E-state index contributed by atoms with van der Waals surface area (Å²) in [5, 5.41) is 3.34. The van der Waals surface area contributed by atoms with Crippen LogP contribution < -0.4 is 5.73 Å². The maximum absolute atomic E-state index is 12.3. The van der Waals surface area contributed by atoms with Crippen molar-refractivity contribution in [2.24, 2.45) is 5.73 Å². The van der Waals surface area contributed by atoms with E-state index in [1.54, 1.807) is 0 Å². The van der Waals surface area contributed by atoms with Crippen molar-refractivity contribution < 1.29 is 4.79 Å². The third-order valence-electron chi connectivity index (χ3n) is 3.24. The van der Waals surface area contributed by atoms with Crippen molar-refractivity contribution in [3.05, 3.63) is 16.1 Å². The molecule has 1 amide bonds. The van der Waals surface area contributed by atoms with Crippen LogP contribution in [-0.2, 0) is 6.54 Å². The van der Waals surface area contributed by atoms with E-state index < -0.39 is 0 Å². The van der Waals surface area contributed by atoms with Crippen molar-refractivity contribution in [1.29, 1.82) is 0 Å². The molecule has 4 nitrogen and oxygen atoms in total. The summed E-state index contributed by atoms with van der Waals surface area (Å²) in [5.74, 6) is 0.0627. The molecule has 1 aromatic rings. The van der Waals surface area contributed by atoms with Crippen molar-refractivity contribution in [1.82, 2.24) is 9.88 Å². The van der Waals surface area contributed by atoms with Gasteiger partial charge < -0.3 is 10.6 Å². The maximum atomic E-state index is 12.3. The van der Waals surface area contributed by atoms with E-state index in [0.717, 1.165) is 30.9 Å². The number of carbonyl (C=O) groups excluding carboxylic acids is 1. The van der Waals surface area contributed by atoms with E-state index in [2.05, 4.69) is 11.2 Å². The molecule has 18 heavy (non-hydrogen) atoms. The third-order valence-corrected chi connectivity index (χ3v) is 5.25. The molecule has 100 valence electrons. The number of aromatic nitrogens is 1. The molecule has 6 heteroatoms. The topological polar surface area (TPSA) is 59.2 Å². The number of rotatable bonds is 3. The Kier molecular flexibility index (Phi) is 5.03.